The van der Waals surface area contributed by atoms with E-state index in [1.54, 1.807) is 16.7 Å². The molecule has 1 aromatic rings. The molecule has 1 aromatic heterocycles. The molecule has 2 fully saturated rings. The highest BCUT2D eigenvalue weighted by Crippen LogP contribution is 2.33. The minimum Gasteiger partial charge on any atom is -0.347 e. The molecular formula is C17H24N4O2S. The predicted octanol–water partition coefficient (Wildman–Crippen LogP) is 1.62. The first-order valence-electron chi connectivity index (χ1n) is 8.84. The lowest BCUT2D eigenvalue weighted by molar-refractivity contribution is -0.143. The van der Waals surface area contributed by atoms with Crippen LogP contribution in [0.25, 0.3) is 0 Å². The number of thioether (sulfide) groups is 1. The third-order valence-corrected chi connectivity index (χ3v) is 6.63. The van der Waals surface area contributed by atoms with Crippen molar-refractivity contribution < 1.29 is 9.59 Å². The van der Waals surface area contributed by atoms with Crippen LogP contribution in [0.15, 0.2) is 6.20 Å². The number of carbonyl (C=O) groups is 2. The molecule has 7 heteroatoms. The Morgan fingerprint density at radius 1 is 1.29 bits per heavy atom. The molecule has 0 bridgehead atoms. The molecular weight excluding hydrogens is 324 g/mol. The van der Waals surface area contributed by atoms with Gasteiger partial charge in [-0.1, -0.05) is 6.42 Å². The van der Waals surface area contributed by atoms with E-state index in [-0.39, 0.29) is 29.8 Å². The monoisotopic (exact) mass is 348 g/mol. The molecule has 1 saturated carbocycles. The molecule has 2 aliphatic carbocycles. The van der Waals surface area contributed by atoms with Crippen LogP contribution in [0, 0.1) is 5.92 Å². The molecule has 0 aromatic carbocycles. The number of hydrogen-bond donors (Lipinski definition) is 1. The fourth-order valence-electron chi connectivity index (χ4n) is 3.89. The van der Waals surface area contributed by atoms with E-state index in [0.717, 1.165) is 44.1 Å². The Bertz CT molecular complexity index is 655. The van der Waals surface area contributed by atoms with Gasteiger partial charge in [0.15, 0.2) is 0 Å². The predicted molar refractivity (Wildman–Crippen MR) is 92.3 cm³/mol. The van der Waals surface area contributed by atoms with Crippen molar-refractivity contribution in [3.63, 3.8) is 0 Å². The summed E-state index contributed by atoms with van der Waals surface area (Å²) in [4.78, 5) is 27.2. The average molecular weight is 348 g/mol. The molecule has 0 radical (unpaired) electrons. The van der Waals surface area contributed by atoms with Crippen LogP contribution in [0.2, 0.25) is 0 Å². The van der Waals surface area contributed by atoms with Crippen molar-refractivity contribution in [1.82, 2.24) is 20.0 Å². The van der Waals surface area contributed by atoms with Crippen molar-refractivity contribution in [3.05, 3.63) is 17.5 Å². The zero-order valence-corrected chi connectivity index (χ0v) is 14.8. The minimum atomic E-state index is -0.315. The first-order chi connectivity index (χ1) is 11.6. The second-order valence-electron chi connectivity index (χ2n) is 7.08. The molecule has 6 nitrogen and oxygen atoms in total. The number of aromatic nitrogens is 2. The van der Waals surface area contributed by atoms with Gasteiger partial charge in [-0.05, 0) is 32.1 Å². The van der Waals surface area contributed by atoms with E-state index in [2.05, 4.69) is 10.4 Å². The number of carbonyl (C=O) groups excluding carboxylic acids is 2. The second kappa shape index (κ2) is 6.43. The Hall–Kier alpha value is -1.50. The number of aryl methyl sites for hydroxylation is 1. The maximum Gasteiger partial charge on any atom is 0.244 e. The van der Waals surface area contributed by atoms with Crippen molar-refractivity contribution in [1.29, 1.82) is 0 Å². The van der Waals surface area contributed by atoms with Crippen molar-refractivity contribution in [2.24, 2.45) is 13.0 Å². The van der Waals surface area contributed by atoms with Gasteiger partial charge in [0.25, 0.3) is 0 Å². The Morgan fingerprint density at radius 2 is 2.12 bits per heavy atom. The molecule has 24 heavy (non-hydrogen) atoms. The summed E-state index contributed by atoms with van der Waals surface area (Å²) in [7, 11) is 1.95. The number of fused-ring (bicyclic) bond motifs is 1. The van der Waals surface area contributed by atoms with E-state index in [1.165, 1.54) is 5.69 Å². The van der Waals surface area contributed by atoms with Gasteiger partial charge in [0.05, 0.1) is 18.1 Å². The summed E-state index contributed by atoms with van der Waals surface area (Å²) >= 11 is 1.68. The summed E-state index contributed by atoms with van der Waals surface area (Å²) in [6, 6.07) is -0.286. The zero-order valence-electron chi connectivity index (χ0n) is 14.0. The molecule has 130 valence electrons. The lowest BCUT2D eigenvalue weighted by atomic mass is 9.84. The smallest absolute Gasteiger partial charge is 0.244 e. The maximum atomic E-state index is 12.8. The molecule has 2 amide bonds. The van der Waals surface area contributed by atoms with Crippen LogP contribution < -0.4 is 5.32 Å². The summed E-state index contributed by atoms with van der Waals surface area (Å²) in [5.74, 6) is 1.68. The minimum absolute atomic E-state index is 0.00521. The summed E-state index contributed by atoms with van der Waals surface area (Å²) in [5.41, 5.74) is 2.36. The molecule has 2 atom stereocenters. The van der Waals surface area contributed by atoms with Gasteiger partial charge in [-0.3, -0.25) is 14.3 Å². The topological polar surface area (TPSA) is 67.2 Å². The van der Waals surface area contributed by atoms with E-state index in [9.17, 15) is 9.59 Å². The highest BCUT2D eigenvalue weighted by molar-refractivity contribution is 7.99. The highest BCUT2D eigenvalue weighted by Gasteiger charge is 2.40. The van der Waals surface area contributed by atoms with E-state index < -0.39 is 0 Å². The van der Waals surface area contributed by atoms with Gasteiger partial charge in [-0.2, -0.15) is 5.10 Å². The molecule has 1 aliphatic heterocycles. The first kappa shape index (κ1) is 16.0. The Kier molecular flexibility index (Phi) is 4.28. The van der Waals surface area contributed by atoms with Crippen LogP contribution in [0.3, 0.4) is 0 Å². The molecule has 1 saturated heterocycles. The lowest BCUT2D eigenvalue weighted by Crippen LogP contribution is -2.50. The summed E-state index contributed by atoms with van der Waals surface area (Å²) in [6.45, 7) is 0. The van der Waals surface area contributed by atoms with Crippen molar-refractivity contribution in [2.75, 3.05) is 11.6 Å². The van der Waals surface area contributed by atoms with Gasteiger partial charge < -0.3 is 10.2 Å². The molecule has 3 aliphatic rings. The molecule has 0 spiro atoms. The Balaban J connectivity index is 1.45. The molecule has 4 rings (SSSR count). The van der Waals surface area contributed by atoms with E-state index in [0.29, 0.717) is 11.6 Å². The molecule has 2 heterocycles. The summed E-state index contributed by atoms with van der Waals surface area (Å²) in [6.07, 6.45) is 8.00. The maximum absolute atomic E-state index is 12.8. The fraction of sp³-hybridized carbons (Fsp3) is 0.706. The van der Waals surface area contributed by atoms with Crippen LogP contribution in [0.4, 0.5) is 0 Å². The van der Waals surface area contributed by atoms with Gasteiger partial charge in [0, 0.05) is 30.0 Å². The van der Waals surface area contributed by atoms with Crippen LogP contribution >= 0.6 is 11.8 Å². The fourth-order valence-corrected chi connectivity index (χ4v) is 5.05. The van der Waals surface area contributed by atoms with E-state index in [1.807, 2.05) is 17.9 Å². The number of amides is 2. The van der Waals surface area contributed by atoms with E-state index in [4.69, 9.17) is 0 Å². The van der Waals surface area contributed by atoms with Gasteiger partial charge in [0.2, 0.25) is 11.8 Å². The molecule has 2 unspecified atom stereocenters. The Morgan fingerprint density at radius 3 is 2.88 bits per heavy atom. The lowest BCUT2D eigenvalue weighted by Gasteiger charge is -2.32. The summed E-state index contributed by atoms with van der Waals surface area (Å²) < 4.78 is 1.91. The normalized spacial score (nSPS) is 26.8. The SMILES string of the molecule is Cn1ncc2c1CCCC2NC(=O)C1CSCN1C(=O)C1CCC1. The zero-order chi connectivity index (χ0) is 16.7. The van der Waals surface area contributed by atoms with Gasteiger partial charge in [-0.25, -0.2) is 0 Å². The average Bonchev–Trinajstić information content (AvgIpc) is 3.13. The standard InChI is InChI=1S/C17H24N4O2S/c1-20-14-7-3-6-13(12(14)8-18-20)19-16(22)15-9-24-10-21(15)17(23)11-4-2-5-11/h8,11,13,15H,2-7,9-10H2,1H3,(H,19,22). The third-order valence-electron chi connectivity index (χ3n) is 5.61. The highest BCUT2D eigenvalue weighted by atomic mass is 32.2. The second-order valence-corrected chi connectivity index (χ2v) is 8.07. The number of hydrogen-bond acceptors (Lipinski definition) is 4. The summed E-state index contributed by atoms with van der Waals surface area (Å²) in [5, 5.41) is 7.53. The van der Waals surface area contributed by atoms with Crippen molar-refractivity contribution in [3.8, 4) is 0 Å². The van der Waals surface area contributed by atoms with Crippen LogP contribution in [0.1, 0.15) is 49.4 Å². The number of nitrogens with one attached hydrogen (secondary N) is 1. The number of nitrogens with zero attached hydrogens (tertiary/aromatic N) is 3. The van der Waals surface area contributed by atoms with Crippen molar-refractivity contribution >= 4 is 23.6 Å². The van der Waals surface area contributed by atoms with Crippen molar-refractivity contribution in [2.45, 2.75) is 50.6 Å². The van der Waals surface area contributed by atoms with Crippen LogP contribution in [-0.2, 0) is 23.1 Å². The van der Waals surface area contributed by atoms with Gasteiger partial charge >= 0.3 is 0 Å². The molecule has 1 N–H and O–H groups in total. The Labute approximate surface area is 146 Å². The quantitative estimate of drug-likeness (QED) is 0.901. The first-order valence-corrected chi connectivity index (χ1v) is 10.00. The van der Waals surface area contributed by atoms with Crippen LogP contribution in [0.5, 0.6) is 0 Å². The third kappa shape index (κ3) is 2.72. The van der Waals surface area contributed by atoms with Gasteiger partial charge in [-0.15, -0.1) is 11.8 Å². The van der Waals surface area contributed by atoms with Crippen LogP contribution in [-0.4, -0.2) is 44.2 Å². The van der Waals surface area contributed by atoms with Gasteiger partial charge in [0.1, 0.15) is 6.04 Å². The number of rotatable bonds is 3. The van der Waals surface area contributed by atoms with E-state index >= 15 is 0 Å². The largest absolute Gasteiger partial charge is 0.347 e.